The SMILES string of the molecule is CC(C)CC1OC(=O)c2c3c(c4ccccc4c2O1)OC(c1ccccc1)(c1ccccc1)C=C3. The van der Waals surface area contributed by atoms with Gasteiger partial charge < -0.3 is 14.2 Å². The average Bonchev–Trinajstić information content (AvgIpc) is 2.89. The number of hydrogen-bond donors (Lipinski definition) is 0. The molecule has 4 aromatic rings. The van der Waals surface area contributed by atoms with Crippen LogP contribution in [-0.4, -0.2) is 12.3 Å². The second kappa shape index (κ2) is 8.31. The molecule has 0 saturated carbocycles. The van der Waals surface area contributed by atoms with E-state index in [1.54, 1.807) is 0 Å². The minimum atomic E-state index is -0.841. The Morgan fingerprint density at radius 2 is 1.34 bits per heavy atom. The van der Waals surface area contributed by atoms with E-state index >= 15 is 0 Å². The van der Waals surface area contributed by atoms with Crippen molar-refractivity contribution in [3.05, 3.63) is 113 Å². The first-order valence-electron chi connectivity index (χ1n) is 12.0. The van der Waals surface area contributed by atoms with Gasteiger partial charge in [-0.2, -0.15) is 0 Å². The highest BCUT2D eigenvalue weighted by molar-refractivity contribution is 6.09. The van der Waals surface area contributed by atoms with Crippen molar-refractivity contribution < 1.29 is 19.0 Å². The molecule has 6 rings (SSSR count). The van der Waals surface area contributed by atoms with Crippen LogP contribution >= 0.6 is 0 Å². The fraction of sp³-hybridized carbons (Fsp3) is 0.194. The summed E-state index contributed by atoms with van der Waals surface area (Å²) in [4.78, 5) is 13.3. The van der Waals surface area contributed by atoms with Gasteiger partial charge in [0.1, 0.15) is 17.1 Å². The van der Waals surface area contributed by atoms with Gasteiger partial charge in [0.15, 0.2) is 5.60 Å². The van der Waals surface area contributed by atoms with Crippen LogP contribution in [0.4, 0.5) is 0 Å². The lowest BCUT2D eigenvalue weighted by Crippen LogP contribution is -2.36. The summed E-state index contributed by atoms with van der Waals surface area (Å²) in [6.45, 7) is 4.17. The average molecular weight is 463 g/mol. The molecule has 0 bridgehead atoms. The molecule has 0 amide bonds. The Bertz CT molecular complexity index is 1400. The van der Waals surface area contributed by atoms with Gasteiger partial charge in [-0.3, -0.25) is 0 Å². The van der Waals surface area contributed by atoms with Gasteiger partial charge in [-0.25, -0.2) is 4.79 Å². The van der Waals surface area contributed by atoms with E-state index in [4.69, 9.17) is 14.2 Å². The third-order valence-electron chi connectivity index (χ3n) is 6.67. The number of benzene rings is 4. The zero-order valence-corrected chi connectivity index (χ0v) is 19.7. The molecule has 1 atom stereocenters. The Kier molecular flexibility index (Phi) is 5.10. The topological polar surface area (TPSA) is 44.8 Å². The Morgan fingerprint density at radius 1 is 0.771 bits per heavy atom. The molecule has 4 nitrogen and oxygen atoms in total. The highest BCUT2D eigenvalue weighted by atomic mass is 16.7. The van der Waals surface area contributed by atoms with Crippen molar-refractivity contribution in [1.29, 1.82) is 0 Å². The molecule has 0 fully saturated rings. The Balaban J connectivity index is 1.59. The van der Waals surface area contributed by atoms with Crippen LogP contribution in [0.5, 0.6) is 11.5 Å². The first-order valence-corrected chi connectivity index (χ1v) is 12.0. The van der Waals surface area contributed by atoms with Crippen molar-refractivity contribution >= 4 is 22.8 Å². The summed E-state index contributed by atoms with van der Waals surface area (Å²) in [6, 6.07) is 28.2. The molecule has 4 heteroatoms. The maximum atomic E-state index is 13.3. The molecule has 0 aromatic heterocycles. The first kappa shape index (κ1) is 21.5. The van der Waals surface area contributed by atoms with E-state index in [2.05, 4.69) is 38.1 Å². The Morgan fingerprint density at radius 3 is 1.94 bits per heavy atom. The van der Waals surface area contributed by atoms with E-state index in [-0.39, 0.29) is 5.97 Å². The molecule has 35 heavy (non-hydrogen) atoms. The van der Waals surface area contributed by atoms with Gasteiger partial charge >= 0.3 is 5.97 Å². The third kappa shape index (κ3) is 3.48. The monoisotopic (exact) mass is 462 g/mol. The summed E-state index contributed by atoms with van der Waals surface area (Å²) >= 11 is 0. The molecule has 2 aliphatic rings. The summed E-state index contributed by atoms with van der Waals surface area (Å²) in [7, 11) is 0. The smallest absolute Gasteiger partial charge is 0.345 e. The van der Waals surface area contributed by atoms with Gasteiger partial charge in [-0.15, -0.1) is 0 Å². The predicted octanol–water partition coefficient (Wildman–Crippen LogP) is 7.11. The quantitative estimate of drug-likeness (QED) is 0.303. The van der Waals surface area contributed by atoms with Crippen molar-refractivity contribution in [2.24, 2.45) is 5.92 Å². The number of hydrogen-bond acceptors (Lipinski definition) is 4. The molecule has 174 valence electrons. The fourth-order valence-electron chi connectivity index (χ4n) is 5.05. The first-order chi connectivity index (χ1) is 17.1. The zero-order valence-electron chi connectivity index (χ0n) is 19.7. The van der Waals surface area contributed by atoms with E-state index in [0.717, 1.165) is 21.9 Å². The predicted molar refractivity (Wildman–Crippen MR) is 137 cm³/mol. The van der Waals surface area contributed by atoms with Crippen molar-refractivity contribution in [3.63, 3.8) is 0 Å². The van der Waals surface area contributed by atoms with Crippen LogP contribution in [0.2, 0.25) is 0 Å². The van der Waals surface area contributed by atoms with Crippen molar-refractivity contribution in [2.45, 2.75) is 32.2 Å². The molecule has 2 aliphatic heterocycles. The maximum absolute atomic E-state index is 13.3. The van der Waals surface area contributed by atoms with Gasteiger partial charge in [0.2, 0.25) is 6.29 Å². The van der Waals surface area contributed by atoms with E-state index in [0.29, 0.717) is 35.0 Å². The summed E-state index contributed by atoms with van der Waals surface area (Å²) < 4.78 is 19.0. The zero-order chi connectivity index (χ0) is 24.0. The number of carbonyl (C=O) groups is 1. The standard InChI is InChI=1S/C31H26O4/c1-20(2)19-26-33-29-24-16-10-9-15-23(24)28-25(27(29)30(32)34-26)17-18-31(35-28,21-11-5-3-6-12-21)22-13-7-4-8-14-22/h3-18,20,26H,19H2,1-2H3. The minimum Gasteiger partial charge on any atom is -0.472 e. The van der Waals surface area contributed by atoms with Gasteiger partial charge in [-0.05, 0) is 18.1 Å². The molecule has 4 aromatic carbocycles. The minimum absolute atomic E-state index is 0.332. The van der Waals surface area contributed by atoms with Gasteiger partial charge in [-0.1, -0.05) is 98.8 Å². The van der Waals surface area contributed by atoms with E-state index in [1.807, 2.05) is 72.8 Å². The molecule has 0 N–H and O–H groups in total. The van der Waals surface area contributed by atoms with Gasteiger partial charge in [0.05, 0.1) is 0 Å². The van der Waals surface area contributed by atoms with Crippen LogP contribution < -0.4 is 9.47 Å². The van der Waals surface area contributed by atoms with Crippen molar-refractivity contribution in [2.75, 3.05) is 0 Å². The second-order valence-electron chi connectivity index (χ2n) is 9.48. The number of fused-ring (bicyclic) bond motifs is 6. The van der Waals surface area contributed by atoms with E-state index in [9.17, 15) is 4.79 Å². The van der Waals surface area contributed by atoms with E-state index in [1.165, 1.54) is 0 Å². The third-order valence-corrected chi connectivity index (χ3v) is 6.67. The van der Waals surface area contributed by atoms with Crippen LogP contribution in [-0.2, 0) is 10.3 Å². The fourth-order valence-corrected chi connectivity index (χ4v) is 5.05. The molecule has 1 unspecified atom stereocenters. The largest absolute Gasteiger partial charge is 0.472 e. The lowest BCUT2D eigenvalue weighted by molar-refractivity contribution is -0.0683. The van der Waals surface area contributed by atoms with E-state index < -0.39 is 11.9 Å². The molecule has 0 spiro atoms. The molecule has 0 aliphatic carbocycles. The summed E-state index contributed by atoms with van der Waals surface area (Å²) in [6.07, 6.45) is 4.05. The molecule has 2 heterocycles. The number of cyclic esters (lactones) is 1. The van der Waals surface area contributed by atoms with Crippen LogP contribution in [0.1, 0.15) is 47.3 Å². The molecular formula is C31H26O4. The van der Waals surface area contributed by atoms with Gasteiger partial charge in [0, 0.05) is 33.9 Å². The Labute approximate surface area is 204 Å². The maximum Gasteiger partial charge on any atom is 0.345 e. The second-order valence-corrected chi connectivity index (χ2v) is 9.48. The summed E-state index contributed by atoms with van der Waals surface area (Å²) in [5, 5.41) is 1.75. The highest BCUT2D eigenvalue weighted by Crippen LogP contribution is 2.50. The van der Waals surface area contributed by atoms with Gasteiger partial charge in [0.25, 0.3) is 0 Å². The normalized spacial score (nSPS) is 17.8. The Hall–Kier alpha value is -4.05. The number of rotatable bonds is 4. The summed E-state index contributed by atoms with van der Waals surface area (Å²) in [5.41, 5.74) is 2.28. The van der Waals surface area contributed by atoms with Crippen molar-refractivity contribution in [3.8, 4) is 11.5 Å². The lowest BCUT2D eigenvalue weighted by atomic mass is 9.82. The summed E-state index contributed by atoms with van der Waals surface area (Å²) in [5.74, 6) is 1.18. The lowest BCUT2D eigenvalue weighted by Gasteiger charge is -2.38. The highest BCUT2D eigenvalue weighted by Gasteiger charge is 2.41. The van der Waals surface area contributed by atoms with Crippen LogP contribution in [0.25, 0.3) is 16.8 Å². The van der Waals surface area contributed by atoms with Crippen molar-refractivity contribution in [1.82, 2.24) is 0 Å². The molecule has 0 saturated heterocycles. The van der Waals surface area contributed by atoms with Crippen LogP contribution in [0.3, 0.4) is 0 Å². The number of esters is 1. The molecule has 0 radical (unpaired) electrons. The number of carbonyl (C=O) groups excluding carboxylic acids is 1. The van der Waals surface area contributed by atoms with Crippen LogP contribution in [0, 0.1) is 5.92 Å². The van der Waals surface area contributed by atoms with Crippen LogP contribution in [0.15, 0.2) is 91.0 Å². The molecular weight excluding hydrogens is 436 g/mol. The number of ether oxygens (including phenoxy) is 3.